The van der Waals surface area contributed by atoms with Crippen molar-refractivity contribution in [3.8, 4) is 5.75 Å². The monoisotopic (exact) mass is 346 g/mol. The lowest BCUT2D eigenvalue weighted by molar-refractivity contribution is 0.111. The van der Waals surface area contributed by atoms with E-state index in [1.54, 1.807) is 0 Å². The molecule has 0 radical (unpaired) electrons. The third kappa shape index (κ3) is 3.62. The minimum atomic E-state index is -0.583. The molecule has 0 N–H and O–H groups in total. The van der Waals surface area contributed by atoms with E-state index in [1.807, 2.05) is 6.07 Å². The van der Waals surface area contributed by atoms with Gasteiger partial charge in [-0.15, -0.1) is 0 Å². The van der Waals surface area contributed by atoms with Gasteiger partial charge in [-0.1, -0.05) is 31.5 Å². The molecule has 2 aromatic rings. The minimum Gasteiger partial charge on any atom is -0.489 e. The zero-order valence-electron chi connectivity index (χ0n) is 13.9. The van der Waals surface area contributed by atoms with Crippen LogP contribution in [0.25, 0.3) is 0 Å². The van der Waals surface area contributed by atoms with Gasteiger partial charge in [0.25, 0.3) is 0 Å². The van der Waals surface area contributed by atoms with Crippen molar-refractivity contribution in [2.24, 2.45) is 5.41 Å². The standard InChI is InChI=1S/C20H20ClFO2/c1-20(2)6-5-13-7-17(4-3-14(13)10-20)24-12-16-9-19(22)15(11-23)8-18(16)21/h3-4,7-9,11H,5-6,10,12H2,1-2H3. The molecule has 0 saturated heterocycles. The molecule has 0 unspecified atom stereocenters. The number of ether oxygens (including phenoxy) is 1. The van der Waals surface area contributed by atoms with Gasteiger partial charge in [0, 0.05) is 10.6 Å². The number of halogens is 2. The molecule has 2 nitrogen and oxygen atoms in total. The van der Waals surface area contributed by atoms with Crippen LogP contribution in [0.4, 0.5) is 4.39 Å². The molecular formula is C20H20ClFO2. The summed E-state index contributed by atoms with van der Waals surface area (Å²) in [4.78, 5) is 10.7. The van der Waals surface area contributed by atoms with E-state index in [0.29, 0.717) is 22.3 Å². The first-order chi connectivity index (χ1) is 11.4. The second kappa shape index (κ2) is 6.56. The summed E-state index contributed by atoms with van der Waals surface area (Å²) in [7, 11) is 0. The SMILES string of the molecule is CC1(C)CCc2cc(OCc3cc(F)c(C=O)cc3Cl)ccc2C1. The highest BCUT2D eigenvalue weighted by Crippen LogP contribution is 2.36. The number of hydrogen-bond donors (Lipinski definition) is 0. The smallest absolute Gasteiger partial charge is 0.153 e. The normalized spacial score (nSPS) is 15.7. The van der Waals surface area contributed by atoms with Crippen LogP contribution >= 0.6 is 11.6 Å². The Kier molecular flexibility index (Phi) is 4.64. The molecule has 0 saturated carbocycles. The lowest BCUT2D eigenvalue weighted by atomic mass is 9.74. The van der Waals surface area contributed by atoms with Crippen LogP contribution in [0.1, 0.15) is 47.3 Å². The maximum Gasteiger partial charge on any atom is 0.153 e. The van der Waals surface area contributed by atoms with Gasteiger partial charge < -0.3 is 4.74 Å². The van der Waals surface area contributed by atoms with Crippen molar-refractivity contribution >= 4 is 17.9 Å². The van der Waals surface area contributed by atoms with E-state index in [9.17, 15) is 9.18 Å². The maximum atomic E-state index is 13.7. The van der Waals surface area contributed by atoms with Gasteiger partial charge >= 0.3 is 0 Å². The lowest BCUT2D eigenvalue weighted by Crippen LogP contribution is -2.22. The molecule has 0 amide bonds. The number of hydrogen-bond acceptors (Lipinski definition) is 2. The summed E-state index contributed by atoms with van der Waals surface area (Å²) in [6.07, 6.45) is 3.74. The van der Waals surface area contributed by atoms with Gasteiger partial charge in [0.1, 0.15) is 18.2 Å². The molecule has 0 aliphatic heterocycles. The minimum absolute atomic E-state index is 0.0415. The zero-order valence-corrected chi connectivity index (χ0v) is 14.6. The number of rotatable bonds is 4. The quantitative estimate of drug-likeness (QED) is 0.694. The first-order valence-electron chi connectivity index (χ1n) is 8.06. The Balaban J connectivity index is 1.74. The van der Waals surface area contributed by atoms with Gasteiger partial charge in [0.2, 0.25) is 0 Å². The Hall–Kier alpha value is -1.87. The average molecular weight is 347 g/mol. The molecule has 3 rings (SSSR count). The van der Waals surface area contributed by atoms with Crippen LogP contribution in [0, 0.1) is 11.2 Å². The van der Waals surface area contributed by atoms with Crippen LogP contribution in [0.2, 0.25) is 5.02 Å². The summed E-state index contributed by atoms with van der Waals surface area (Å²) < 4.78 is 19.5. The fraction of sp³-hybridized carbons (Fsp3) is 0.350. The molecule has 4 heteroatoms. The van der Waals surface area contributed by atoms with Crippen LogP contribution in [0.15, 0.2) is 30.3 Å². The summed E-state index contributed by atoms with van der Waals surface area (Å²) in [5.74, 6) is 0.171. The Morgan fingerprint density at radius 2 is 2.04 bits per heavy atom. The third-order valence-electron chi connectivity index (χ3n) is 4.60. The van der Waals surface area contributed by atoms with Crippen LogP contribution < -0.4 is 4.74 Å². The van der Waals surface area contributed by atoms with Gasteiger partial charge in [-0.05, 0) is 60.1 Å². The summed E-state index contributed by atoms with van der Waals surface area (Å²) >= 11 is 6.09. The molecule has 1 aliphatic carbocycles. The topological polar surface area (TPSA) is 26.3 Å². The van der Waals surface area contributed by atoms with Gasteiger partial charge in [0.05, 0.1) is 5.56 Å². The fourth-order valence-electron chi connectivity index (χ4n) is 3.14. The lowest BCUT2D eigenvalue weighted by Gasteiger charge is -2.31. The van der Waals surface area contributed by atoms with Gasteiger partial charge in [-0.2, -0.15) is 0 Å². The summed E-state index contributed by atoms with van der Waals surface area (Å²) in [6, 6.07) is 8.71. The highest BCUT2D eigenvalue weighted by Gasteiger charge is 2.25. The molecule has 126 valence electrons. The molecule has 0 fully saturated rings. The number of carbonyl (C=O) groups excluding carboxylic acids is 1. The van der Waals surface area contributed by atoms with Crippen LogP contribution in [-0.2, 0) is 19.4 Å². The maximum absolute atomic E-state index is 13.7. The number of benzene rings is 2. The van der Waals surface area contributed by atoms with Crippen LogP contribution in [0.3, 0.4) is 0 Å². The molecule has 1 aliphatic rings. The Labute approximate surface area is 146 Å². The highest BCUT2D eigenvalue weighted by molar-refractivity contribution is 6.31. The third-order valence-corrected chi connectivity index (χ3v) is 4.96. The van der Waals surface area contributed by atoms with Crippen molar-refractivity contribution in [2.45, 2.75) is 39.7 Å². The highest BCUT2D eigenvalue weighted by atomic mass is 35.5. The summed E-state index contributed by atoms with van der Waals surface area (Å²) in [5, 5.41) is 0.332. The van der Waals surface area contributed by atoms with Crippen molar-refractivity contribution in [1.29, 1.82) is 0 Å². The van der Waals surface area contributed by atoms with E-state index in [-0.39, 0.29) is 12.2 Å². The molecule has 0 atom stereocenters. The number of aldehydes is 1. The predicted molar refractivity (Wildman–Crippen MR) is 93.4 cm³/mol. The fourth-order valence-corrected chi connectivity index (χ4v) is 3.37. The molecule has 0 bridgehead atoms. The van der Waals surface area contributed by atoms with Gasteiger partial charge in [-0.25, -0.2) is 4.39 Å². The zero-order chi connectivity index (χ0) is 17.3. The molecule has 0 spiro atoms. The predicted octanol–water partition coefficient (Wildman–Crippen LogP) is 5.39. The van der Waals surface area contributed by atoms with E-state index in [2.05, 4.69) is 26.0 Å². The van der Waals surface area contributed by atoms with Crippen molar-refractivity contribution in [2.75, 3.05) is 0 Å². The second-order valence-corrected chi connectivity index (χ2v) is 7.55. The number of carbonyl (C=O) groups is 1. The van der Waals surface area contributed by atoms with Crippen LogP contribution in [-0.4, -0.2) is 6.29 Å². The Bertz CT molecular complexity index is 783. The van der Waals surface area contributed by atoms with Crippen molar-refractivity contribution in [3.63, 3.8) is 0 Å². The van der Waals surface area contributed by atoms with Crippen LogP contribution in [0.5, 0.6) is 5.75 Å². The summed E-state index contributed by atoms with van der Waals surface area (Å²) in [5.41, 5.74) is 3.53. The van der Waals surface area contributed by atoms with E-state index in [1.165, 1.54) is 23.3 Å². The van der Waals surface area contributed by atoms with Crippen molar-refractivity contribution in [1.82, 2.24) is 0 Å². The van der Waals surface area contributed by atoms with Crippen molar-refractivity contribution in [3.05, 3.63) is 63.4 Å². The molecule has 0 heterocycles. The average Bonchev–Trinajstić information content (AvgIpc) is 2.54. The van der Waals surface area contributed by atoms with E-state index in [4.69, 9.17) is 16.3 Å². The van der Waals surface area contributed by atoms with Crippen molar-refractivity contribution < 1.29 is 13.9 Å². The molecule has 2 aromatic carbocycles. The van der Waals surface area contributed by atoms with Gasteiger partial charge in [-0.3, -0.25) is 4.79 Å². The number of aryl methyl sites for hydroxylation is 1. The summed E-state index contributed by atoms with van der Waals surface area (Å²) in [6.45, 7) is 4.75. The van der Waals surface area contributed by atoms with E-state index < -0.39 is 5.82 Å². The van der Waals surface area contributed by atoms with E-state index >= 15 is 0 Å². The second-order valence-electron chi connectivity index (χ2n) is 7.14. The first kappa shape index (κ1) is 17.0. The Morgan fingerprint density at radius 1 is 1.25 bits per heavy atom. The molecule has 0 aromatic heterocycles. The molecule has 24 heavy (non-hydrogen) atoms. The van der Waals surface area contributed by atoms with E-state index in [0.717, 1.165) is 25.0 Å². The first-order valence-corrected chi connectivity index (χ1v) is 8.43. The number of fused-ring (bicyclic) bond motifs is 1. The Morgan fingerprint density at radius 3 is 2.79 bits per heavy atom. The largest absolute Gasteiger partial charge is 0.489 e. The van der Waals surface area contributed by atoms with Gasteiger partial charge in [0.15, 0.2) is 6.29 Å². The molecular weight excluding hydrogens is 327 g/mol.